The van der Waals surface area contributed by atoms with Gasteiger partial charge in [0.2, 0.25) is 5.91 Å². The van der Waals surface area contributed by atoms with Gasteiger partial charge >= 0.3 is 5.97 Å². The molecule has 0 saturated heterocycles. The van der Waals surface area contributed by atoms with Gasteiger partial charge in [0.1, 0.15) is 11.2 Å². The van der Waals surface area contributed by atoms with Crippen LogP contribution in [-0.2, 0) is 40.7 Å². The van der Waals surface area contributed by atoms with Gasteiger partial charge in [0.05, 0.1) is 5.92 Å². The van der Waals surface area contributed by atoms with Gasteiger partial charge in [-0.3, -0.25) is 9.59 Å². The first kappa shape index (κ1) is 18.6. The molecule has 2 aromatic rings. The largest absolute Gasteiger partial charge is 0.480 e. The number of carbonyl (C=O) groups excluding carboxylic acids is 1. The lowest BCUT2D eigenvalue weighted by Gasteiger charge is -2.29. The van der Waals surface area contributed by atoms with E-state index in [1.807, 2.05) is 0 Å². The molecule has 6 heteroatoms. The van der Waals surface area contributed by atoms with Crippen molar-refractivity contribution < 1.29 is 14.7 Å². The summed E-state index contributed by atoms with van der Waals surface area (Å²) in [5.74, 6) is -2.09. The molecule has 0 saturated carbocycles. The van der Waals surface area contributed by atoms with Gasteiger partial charge in [-0.1, -0.05) is 13.0 Å². The molecule has 2 atom stereocenters. The number of anilines is 1. The smallest absolute Gasteiger partial charge is 0.317 e. The van der Waals surface area contributed by atoms with Crippen LogP contribution in [0.25, 0.3) is 0 Å². The van der Waals surface area contributed by atoms with Crippen molar-refractivity contribution in [3.63, 3.8) is 0 Å². The van der Waals surface area contributed by atoms with Crippen LogP contribution in [0.4, 0.5) is 5.69 Å². The van der Waals surface area contributed by atoms with Crippen molar-refractivity contribution in [2.75, 3.05) is 5.32 Å². The number of carboxylic acids is 1. The second-order valence-electron chi connectivity index (χ2n) is 8.02. The summed E-state index contributed by atoms with van der Waals surface area (Å²) in [5, 5.41) is 13.0. The first-order chi connectivity index (χ1) is 13.4. The number of nitrogens with zero attached hydrogens (tertiary/aromatic N) is 2. The van der Waals surface area contributed by atoms with Gasteiger partial charge in [0.15, 0.2) is 0 Å². The lowest BCUT2D eigenvalue weighted by atomic mass is 9.76. The van der Waals surface area contributed by atoms with Crippen LogP contribution in [-0.4, -0.2) is 27.0 Å². The van der Waals surface area contributed by atoms with E-state index in [-0.39, 0.29) is 11.7 Å². The zero-order valence-corrected chi connectivity index (χ0v) is 16.3. The summed E-state index contributed by atoms with van der Waals surface area (Å²) in [6.45, 7) is 3.16. The van der Waals surface area contributed by atoms with Crippen LogP contribution in [0.5, 0.6) is 0 Å². The molecule has 0 radical (unpaired) electrons. The maximum Gasteiger partial charge on any atom is 0.317 e. The summed E-state index contributed by atoms with van der Waals surface area (Å²) >= 11 is 0. The molecule has 6 nitrogen and oxygen atoms in total. The molecule has 1 heterocycles. The SMILES string of the molecule is CC(C(=O)Nc1c2c(cc3c1CCC3)CCC2)C(C)(C(=O)O)c1ncccn1. The maximum absolute atomic E-state index is 13.2. The molecule has 2 aliphatic rings. The normalized spacial score (nSPS) is 18.1. The number of fused-ring (bicyclic) bond motifs is 2. The molecule has 28 heavy (non-hydrogen) atoms. The summed E-state index contributed by atoms with van der Waals surface area (Å²) in [6.07, 6.45) is 9.23. The summed E-state index contributed by atoms with van der Waals surface area (Å²) < 4.78 is 0. The van der Waals surface area contributed by atoms with Gasteiger partial charge in [-0.2, -0.15) is 0 Å². The predicted octanol–water partition coefficient (Wildman–Crippen LogP) is 3.07. The Hall–Kier alpha value is -2.76. The van der Waals surface area contributed by atoms with Gasteiger partial charge < -0.3 is 10.4 Å². The second-order valence-corrected chi connectivity index (χ2v) is 8.02. The van der Waals surface area contributed by atoms with Gasteiger partial charge in [-0.15, -0.1) is 0 Å². The lowest BCUT2D eigenvalue weighted by Crippen LogP contribution is -2.46. The average molecular weight is 379 g/mol. The van der Waals surface area contributed by atoms with Crippen molar-refractivity contribution in [3.05, 3.63) is 52.6 Å². The molecular weight excluding hydrogens is 354 g/mol. The summed E-state index contributed by atoms with van der Waals surface area (Å²) in [6, 6.07) is 3.94. The molecule has 1 aromatic heterocycles. The molecule has 0 spiro atoms. The van der Waals surface area contributed by atoms with Crippen LogP contribution >= 0.6 is 0 Å². The zero-order chi connectivity index (χ0) is 19.9. The molecule has 0 aliphatic heterocycles. The van der Waals surface area contributed by atoms with Crippen LogP contribution < -0.4 is 5.32 Å². The average Bonchev–Trinajstić information content (AvgIpc) is 3.36. The number of benzene rings is 1. The van der Waals surface area contributed by atoms with E-state index in [2.05, 4.69) is 21.4 Å². The highest BCUT2D eigenvalue weighted by molar-refractivity contribution is 5.99. The highest BCUT2D eigenvalue weighted by Gasteiger charge is 2.47. The third-order valence-corrected chi connectivity index (χ3v) is 6.46. The Morgan fingerprint density at radius 3 is 2.18 bits per heavy atom. The number of aryl methyl sites for hydroxylation is 2. The van der Waals surface area contributed by atoms with Crippen LogP contribution in [0.1, 0.15) is 54.8 Å². The number of rotatable bonds is 5. The van der Waals surface area contributed by atoms with E-state index in [9.17, 15) is 14.7 Å². The highest BCUT2D eigenvalue weighted by Crippen LogP contribution is 2.39. The number of carboxylic acid groups (broad SMARTS) is 1. The fourth-order valence-corrected chi connectivity index (χ4v) is 4.50. The molecule has 0 bridgehead atoms. The minimum Gasteiger partial charge on any atom is -0.480 e. The predicted molar refractivity (Wildman–Crippen MR) is 105 cm³/mol. The molecule has 2 N–H and O–H groups in total. The molecule has 146 valence electrons. The van der Waals surface area contributed by atoms with Crippen LogP contribution in [0.15, 0.2) is 24.5 Å². The molecule has 4 rings (SSSR count). The summed E-state index contributed by atoms with van der Waals surface area (Å²) in [7, 11) is 0. The van der Waals surface area contributed by atoms with E-state index >= 15 is 0 Å². The van der Waals surface area contributed by atoms with Gasteiger partial charge in [0, 0.05) is 18.1 Å². The minimum atomic E-state index is -1.51. The standard InChI is InChI=1S/C22H25N3O3/c1-13(22(2,21(27)28)20-23-10-5-11-24-20)19(26)25-18-16-8-3-6-14(16)12-15-7-4-9-17(15)18/h5,10-13H,3-4,6-9H2,1-2H3,(H,25,26)(H,27,28). The topological polar surface area (TPSA) is 92.2 Å². The quantitative estimate of drug-likeness (QED) is 0.833. The first-order valence-electron chi connectivity index (χ1n) is 9.91. The molecule has 1 amide bonds. The maximum atomic E-state index is 13.2. The van der Waals surface area contributed by atoms with Crippen molar-refractivity contribution in [1.29, 1.82) is 0 Å². The van der Waals surface area contributed by atoms with E-state index in [1.165, 1.54) is 41.6 Å². The number of carbonyl (C=O) groups is 2. The second kappa shape index (κ2) is 7.00. The number of hydrogen-bond acceptors (Lipinski definition) is 4. The zero-order valence-electron chi connectivity index (χ0n) is 16.3. The number of aliphatic carboxylic acids is 1. The van der Waals surface area contributed by atoms with Gasteiger partial charge in [0.25, 0.3) is 0 Å². The monoisotopic (exact) mass is 379 g/mol. The van der Waals surface area contributed by atoms with Crippen molar-refractivity contribution in [2.24, 2.45) is 5.92 Å². The van der Waals surface area contributed by atoms with Gasteiger partial charge in [-0.25, -0.2) is 9.97 Å². The molecular formula is C22H25N3O3. The molecule has 0 fully saturated rings. The lowest BCUT2D eigenvalue weighted by molar-refractivity contribution is -0.148. The fourth-order valence-electron chi connectivity index (χ4n) is 4.50. The van der Waals surface area contributed by atoms with Crippen molar-refractivity contribution >= 4 is 17.6 Å². The Bertz CT molecular complexity index is 910. The van der Waals surface area contributed by atoms with Crippen LogP contribution in [0.2, 0.25) is 0 Å². The Morgan fingerprint density at radius 1 is 1.07 bits per heavy atom. The number of aromatic nitrogens is 2. The fraction of sp³-hybridized carbons (Fsp3) is 0.455. The summed E-state index contributed by atoms with van der Waals surface area (Å²) in [5.41, 5.74) is 4.54. The van der Waals surface area contributed by atoms with Crippen molar-refractivity contribution in [1.82, 2.24) is 9.97 Å². The Morgan fingerprint density at radius 2 is 1.64 bits per heavy atom. The van der Waals surface area contributed by atoms with E-state index in [4.69, 9.17) is 0 Å². The third kappa shape index (κ3) is 2.87. The van der Waals surface area contributed by atoms with Crippen LogP contribution in [0, 0.1) is 5.92 Å². The number of nitrogens with one attached hydrogen (secondary N) is 1. The Balaban J connectivity index is 1.68. The highest BCUT2D eigenvalue weighted by atomic mass is 16.4. The summed E-state index contributed by atoms with van der Waals surface area (Å²) in [4.78, 5) is 33.6. The molecule has 1 aromatic carbocycles. The molecule has 2 aliphatic carbocycles. The van der Waals surface area contributed by atoms with E-state index in [0.29, 0.717) is 0 Å². The van der Waals surface area contributed by atoms with E-state index in [0.717, 1.165) is 44.2 Å². The first-order valence-corrected chi connectivity index (χ1v) is 9.91. The van der Waals surface area contributed by atoms with Crippen LogP contribution in [0.3, 0.4) is 0 Å². The number of amides is 1. The minimum absolute atomic E-state index is 0.147. The van der Waals surface area contributed by atoms with Crippen molar-refractivity contribution in [2.45, 2.75) is 57.8 Å². The van der Waals surface area contributed by atoms with E-state index < -0.39 is 17.3 Å². The Kier molecular flexibility index (Phi) is 4.65. The Labute approximate surface area is 164 Å². The van der Waals surface area contributed by atoms with Gasteiger partial charge in [-0.05, 0) is 73.8 Å². The third-order valence-electron chi connectivity index (χ3n) is 6.46. The van der Waals surface area contributed by atoms with E-state index in [1.54, 1.807) is 13.0 Å². The van der Waals surface area contributed by atoms with Crippen molar-refractivity contribution in [3.8, 4) is 0 Å². The number of hydrogen-bond donors (Lipinski definition) is 2. The molecule has 2 unspecified atom stereocenters.